The van der Waals surface area contributed by atoms with Crippen molar-refractivity contribution in [1.82, 2.24) is 10.3 Å². The largest absolute Gasteiger partial charge is 0.354 e. The molecule has 0 aliphatic heterocycles. The van der Waals surface area contributed by atoms with E-state index >= 15 is 0 Å². The van der Waals surface area contributed by atoms with Gasteiger partial charge in [-0.05, 0) is 37.8 Å². The average Bonchev–Trinajstić information content (AvgIpc) is 2.80. The quantitative estimate of drug-likeness (QED) is 0.831. The van der Waals surface area contributed by atoms with Gasteiger partial charge in [0.05, 0.1) is 0 Å². The second kappa shape index (κ2) is 6.60. The lowest BCUT2D eigenvalue weighted by Crippen LogP contribution is -2.28. The lowest BCUT2D eigenvalue weighted by atomic mass is 10.0. The maximum atomic E-state index is 12.3. The zero-order valence-electron chi connectivity index (χ0n) is 13.5. The molecular weight excluding hydrogens is 276 g/mol. The number of carbonyl (C=O) groups is 2. The lowest BCUT2D eigenvalue weighted by molar-refractivity contribution is 0.0946. The highest BCUT2D eigenvalue weighted by Crippen LogP contribution is 2.19. The van der Waals surface area contributed by atoms with Crippen molar-refractivity contribution in [1.29, 1.82) is 0 Å². The van der Waals surface area contributed by atoms with E-state index in [1.807, 2.05) is 25.1 Å². The molecule has 1 heterocycles. The molecule has 0 aliphatic rings. The van der Waals surface area contributed by atoms with E-state index in [0.717, 1.165) is 11.3 Å². The third kappa shape index (κ3) is 3.27. The number of aromatic nitrogens is 1. The zero-order valence-corrected chi connectivity index (χ0v) is 13.5. The summed E-state index contributed by atoms with van der Waals surface area (Å²) in [5, 5.41) is 2.94. The summed E-state index contributed by atoms with van der Waals surface area (Å²) in [6.45, 7) is 7.75. The van der Waals surface area contributed by atoms with Gasteiger partial charge in [-0.1, -0.05) is 37.3 Å². The third-order valence-corrected chi connectivity index (χ3v) is 3.95. The Morgan fingerprint density at radius 1 is 1.18 bits per heavy atom. The van der Waals surface area contributed by atoms with E-state index in [0.29, 0.717) is 17.8 Å². The Hall–Kier alpha value is -2.36. The minimum atomic E-state index is -0.170. The molecule has 0 spiro atoms. The molecule has 22 heavy (non-hydrogen) atoms. The van der Waals surface area contributed by atoms with Crippen molar-refractivity contribution in [3.05, 3.63) is 58.4 Å². The van der Waals surface area contributed by atoms with Crippen molar-refractivity contribution in [2.24, 2.45) is 0 Å². The molecule has 116 valence electrons. The SMILES string of the molecule is CC(=O)c1c(C)[nH]c(C(=O)NCC(C)c2ccccc2)c1C. The van der Waals surface area contributed by atoms with Crippen LogP contribution in [0.1, 0.15) is 57.4 Å². The lowest BCUT2D eigenvalue weighted by Gasteiger charge is -2.13. The van der Waals surface area contributed by atoms with E-state index in [1.165, 1.54) is 12.5 Å². The van der Waals surface area contributed by atoms with Crippen LogP contribution in [0.25, 0.3) is 0 Å². The van der Waals surface area contributed by atoms with E-state index in [-0.39, 0.29) is 17.6 Å². The first-order chi connectivity index (χ1) is 10.4. The number of nitrogens with one attached hydrogen (secondary N) is 2. The molecule has 4 heteroatoms. The maximum absolute atomic E-state index is 12.3. The van der Waals surface area contributed by atoms with Crippen molar-refractivity contribution >= 4 is 11.7 Å². The standard InChI is InChI=1S/C18H22N2O2/c1-11(15-8-6-5-7-9-15)10-19-18(22)17-12(2)16(14(4)21)13(3)20-17/h5-9,11,20H,10H2,1-4H3,(H,19,22). The van der Waals surface area contributed by atoms with Gasteiger partial charge in [0.15, 0.2) is 5.78 Å². The molecule has 1 aromatic carbocycles. The summed E-state index contributed by atoms with van der Waals surface area (Å²) in [6, 6.07) is 10.1. The molecule has 0 saturated carbocycles. The van der Waals surface area contributed by atoms with Gasteiger partial charge >= 0.3 is 0 Å². The fourth-order valence-electron chi connectivity index (χ4n) is 2.74. The summed E-state index contributed by atoms with van der Waals surface area (Å²) in [6.07, 6.45) is 0. The van der Waals surface area contributed by atoms with Gasteiger partial charge < -0.3 is 10.3 Å². The van der Waals surface area contributed by atoms with E-state index in [4.69, 9.17) is 0 Å². The van der Waals surface area contributed by atoms with Crippen LogP contribution in [-0.2, 0) is 0 Å². The Balaban J connectivity index is 2.07. The average molecular weight is 298 g/mol. The van der Waals surface area contributed by atoms with E-state index in [9.17, 15) is 9.59 Å². The summed E-state index contributed by atoms with van der Waals surface area (Å²) in [4.78, 5) is 27.0. The normalized spacial score (nSPS) is 12.0. The zero-order chi connectivity index (χ0) is 16.3. The predicted octanol–water partition coefficient (Wildman–Crippen LogP) is 3.37. The van der Waals surface area contributed by atoms with Crippen molar-refractivity contribution < 1.29 is 9.59 Å². The van der Waals surface area contributed by atoms with Gasteiger partial charge in [-0.2, -0.15) is 0 Å². The van der Waals surface area contributed by atoms with Crippen LogP contribution in [0.2, 0.25) is 0 Å². The Bertz CT molecular complexity index is 687. The number of amides is 1. The molecule has 0 radical (unpaired) electrons. The van der Waals surface area contributed by atoms with Gasteiger partial charge in [-0.15, -0.1) is 0 Å². The van der Waals surface area contributed by atoms with Crippen LogP contribution in [0.5, 0.6) is 0 Å². The topological polar surface area (TPSA) is 62.0 Å². The van der Waals surface area contributed by atoms with Crippen LogP contribution in [-0.4, -0.2) is 23.2 Å². The predicted molar refractivity (Wildman–Crippen MR) is 87.5 cm³/mol. The summed E-state index contributed by atoms with van der Waals surface area (Å²) < 4.78 is 0. The molecule has 2 N–H and O–H groups in total. The van der Waals surface area contributed by atoms with Crippen molar-refractivity contribution in [2.75, 3.05) is 6.54 Å². The highest BCUT2D eigenvalue weighted by molar-refractivity contribution is 6.02. The van der Waals surface area contributed by atoms with Crippen molar-refractivity contribution in [3.8, 4) is 0 Å². The monoisotopic (exact) mass is 298 g/mol. The number of carbonyl (C=O) groups excluding carboxylic acids is 2. The van der Waals surface area contributed by atoms with Gasteiger partial charge in [0, 0.05) is 17.8 Å². The number of hydrogen-bond donors (Lipinski definition) is 2. The molecule has 4 nitrogen and oxygen atoms in total. The second-order valence-corrected chi connectivity index (χ2v) is 5.70. The number of aryl methyl sites for hydroxylation is 1. The second-order valence-electron chi connectivity index (χ2n) is 5.70. The van der Waals surface area contributed by atoms with Crippen LogP contribution < -0.4 is 5.32 Å². The highest BCUT2D eigenvalue weighted by Gasteiger charge is 2.20. The number of Topliss-reactive ketones (excluding diaryl/α,β-unsaturated/α-hetero) is 1. The number of H-pyrrole nitrogens is 1. The Morgan fingerprint density at radius 2 is 1.82 bits per heavy atom. The summed E-state index contributed by atoms with van der Waals surface area (Å²) in [7, 11) is 0. The third-order valence-electron chi connectivity index (χ3n) is 3.95. The molecular formula is C18H22N2O2. The minimum Gasteiger partial charge on any atom is -0.354 e. The fraction of sp³-hybridized carbons (Fsp3) is 0.333. The first-order valence-electron chi connectivity index (χ1n) is 7.45. The van der Waals surface area contributed by atoms with E-state index in [2.05, 4.69) is 29.4 Å². The first kappa shape index (κ1) is 16.0. The Morgan fingerprint density at radius 3 is 2.36 bits per heavy atom. The number of aromatic amines is 1. The number of ketones is 1. The van der Waals surface area contributed by atoms with Crippen LogP contribution in [0.15, 0.2) is 30.3 Å². The molecule has 0 bridgehead atoms. The fourth-order valence-corrected chi connectivity index (χ4v) is 2.74. The smallest absolute Gasteiger partial charge is 0.268 e. The number of hydrogen-bond acceptors (Lipinski definition) is 2. The van der Waals surface area contributed by atoms with E-state index < -0.39 is 0 Å². The highest BCUT2D eigenvalue weighted by atomic mass is 16.2. The van der Waals surface area contributed by atoms with Crippen LogP contribution in [0.4, 0.5) is 0 Å². The van der Waals surface area contributed by atoms with Gasteiger partial charge in [-0.3, -0.25) is 9.59 Å². The molecule has 1 unspecified atom stereocenters. The van der Waals surface area contributed by atoms with Gasteiger partial charge in [0.2, 0.25) is 0 Å². The van der Waals surface area contributed by atoms with Crippen LogP contribution in [0, 0.1) is 13.8 Å². The maximum Gasteiger partial charge on any atom is 0.268 e. The molecule has 0 fully saturated rings. The molecule has 0 saturated heterocycles. The summed E-state index contributed by atoms with van der Waals surface area (Å²) in [5.74, 6) is 0.0348. The van der Waals surface area contributed by atoms with Gasteiger partial charge in [0.25, 0.3) is 5.91 Å². The molecule has 1 amide bonds. The van der Waals surface area contributed by atoms with Crippen LogP contribution in [0.3, 0.4) is 0 Å². The summed E-state index contributed by atoms with van der Waals surface area (Å²) >= 11 is 0. The summed E-state index contributed by atoms with van der Waals surface area (Å²) in [5.41, 5.74) is 3.73. The van der Waals surface area contributed by atoms with E-state index in [1.54, 1.807) is 6.92 Å². The van der Waals surface area contributed by atoms with Crippen LogP contribution >= 0.6 is 0 Å². The first-order valence-corrected chi connectivity index (χ1v) is 7.45. The Labute approximate surface area is 130 Å². The van der Waals surface area contributed by atoms with Crippen molar-refractivity contribution in [2.45, 2.75) is 33.6 Å². The van der Waals surface area contributed by atoms with Gasteiger partial charge in [-0.25, -0.2) is 0 Å². The molecule has 0 aliphatic carbocycles. The van der Waals surface area contributed by atoms with Gasteiger partial charge in [0.1, 0.15) is 5.69 Å². The van der Waals surface area contributed by atoms with Crippen molar-refractivity contribution in [3.63, 3.8) is 0 Å². The minimum absolute atomic E-state index is 0.0250. The molecule has 1 atom stereocenters. The Kier molecular flexibility index (Phi) is 4.81. The number of rotatable bonds is 5. The number of benzene rings is 1. The molecule has 2 aromatic rings. The molecule has 1 aromatic heterocycles. The molecule has 2 rings (SSSR count).